The molecule has 2 N–H and O–H groups in total. The molecule has 0 atom stereocenters. The van der Waals surface area contributed by atoms with Crippen LogP contribution in [-0.2, 0) is 22.6 Å². The van der Waals surface area contributed by atoms with Crippen LogP contribution in [-0.4, -0.2) is 51.8 Å². The quantitative estimate of drug-likeness (QED) is 0.741. The van der Waals surface area contributed by atoms with Crippen LogP contribution in [0.2, 0.25) is 0 Å². The highest BCUT2D eigenvalue weighted by Crippen LogP contribution is 2.02. The average Bonchev–Trinajstić information content (AvgIpc) is 2.41. The largest absolute Gasteiger partial charge is 0.481 e. The van der Waals surface area contributed by atoms with Gasteiger partial charge in [0.1, 0.15) is 0 Å². The number of hydrogen-bond donors (Lipinski definition) is 2. The third-order valence-corrected chi connectivity index (χ3v) is 3.15. The fourth-order valence-electron chi connectivity index (χ4n) is 2.05. The zero-order chi connectivity index (χ0) is 14.5. The molecule has 1 aromatic rings. The lowest BCUT2D eigenvalue weighted by Gasteiger charge is -2.26. The number of carboxylic acids is 1. The van der Waals surface area contributed by atoms with Gasteiger partial charge in [-0.2, -0.15) is 0 Å². The summed E-state index contributed by atoms with van der Waals surface area (Å²) < 4.78 is 6.45. The molecule has 0 aromatic carbocycles. The number of nitrogens with zero attached hydrogens (tertiary/aromatic N) is 2. The van der Waals surface area contributed by atoms with Crippen LogP contribution in [0.4, 0.5) is 0 Å². The molecule has 0 aliphatic carbocycles. The van der Waals surface area contributed by atoms with E-state index in [4.69, 9.17) is 9.84 Å². The number of ether oxygens (including phenoxy) is 1. The summed E-state index contributed by atoms with van der Waals surface area (Å²) in [6.07, 6.45) is 1.28. The number of aliphatic carboxylic acids is 1. The van der Waals surface area contributed by atoms with Gasteiger partial charge in [-0.1, -0.05) is 0 Å². The fraction of sp³-hybridized carbons (Fsp3) is 0.583. The number of nitrogens with one attached hydrogen (secondary N) is 1. The Bertz CT molecular complexity index is 591. The highest BCUT2D eigenvalue weighted by Gasteiger charge is 2.14. The number of carbonyl (C=O) groups is 1. The number of rotatable bonds is 5. The first kappa shape index (κ1) is 17.4. The van der Waals surface area contributed by atoms with Crippen molar-refractivity contribution in [3.8, 4) is 0 Å². The molecule has 0 spiro atoms. The van der Waals surface area contributed by atoms with Gasteiger partial charge in [-0.15, -0.1) is 12.4 Å². The Morgan fingerprint density at radius 1 is 1.33 bits per heavy atom. The van der Waals surface area contributed by atoms with Crippen LogP contribution < -0.4 is 11.2 Å². The maximum absolute atomic E-state index is 11.8. The van der Waals surface area contributed by atoms with Gasteiger partial charge < -0.3 is 9.84 Å². The maximum Gasteiger partial charge on any atom is 0.328 e. The predicted octanol–water partition coefficient (Wildman–Crippen LogP) is -0.735. The molecule has 0 unspecified atom stereocenters. The molecule has 1 aromatic heterocycles. The Labute approximate surface area is 126 Å². The summed E-state index contributed by atoms with van der Waals surface area (Å²) >= 11 is 0. The van der Waals surface area contributed by atoms with Gasteiger partial charge in [0.25, 0.3) is 5.56 Å². The summed E-state index contributed by atoms with van der Waals surface area (Å²) in [5.74, 6) is -0.988. The van der Waals surface area contributed by atoms with Gasteiger partial charge in [0, 0.05) is 37.9 Å². The third kappa shape index (κ3) is 5.00. The van der Waals surface area contributed by atoms with E-state index in [1.807, 2.05) is 0 Å². The minimum absolute atomic E-state index is 0. The van der Waals surface area contributed by atoms with Crippen molar-refractivity contribution >= 4 is 18.4 Å². The summed E-state index contributed by atoms with van der Waals surface area (Å²) in [7, 11) is 0. The van der Waals surface area contributed by atoms with Gasteiger partial charge in [0.05, 0.1) is 19.6 Å². The number of H-pyrrole nitrogens is 1. The number of aromatic nitrogens is 2. The molecule has 1 saturated heterocycles. The van der Waals surface area contributed by atoms with E-state index < -0.39 is 17.2 Å². The minimum atomic E-state index is -0.988. The second kappa shape index (κ2) is 7.96. The predicted molar refractivity (Wildman–Crippen MR) is 76.9 cm³/mol. The lowest BCUT2D eigenvalue weighted by Crippen LogP contribution is -2.39. The number of aryl methyl sites for hydroxylation is 1. The molecule has 2 rings (SSSR count). The average molecular weight is 320 g/mol. The molecule has 8 nitrogen and oxygen atoms in total. The van der Waals surface area contributed by atoms with Crippen LogP contribution in [0.15, 0.2) is 15.8 Å². The zero-order valence-corrected chi connectivity index (χ0v) is 12.2. The first-order valence-electron chi connectivity index (χ1n) is 6.41. The monoisotopic (exact) mass is 319 g/mol. The van der Waals surface area contributed by atoms with Gasteiger partial charge in [0.2, 0.25) is 0 Å². The molecule has 1 aliphatic heterocycles. The van der Waals surface area contributed by atoms with Gasteiger partial charge in [-0.25, -0.2) is 4.79 Å². The van der Waals surface area contributed by atoms with Gasteiger partial charge in [-0.3, -0.25) is 24.0 Å². The topological polar surface area (TPSA) is 105 Å². The van der Waals surface area contributed by atoms with Crippen LogP contribution >= 0.6 is 12.4 Å². The van der Waals surface area contributed by atoms with E-state index in [1.54, 1.807) is 0 Å². The standard InChI is InChI=1S/C12H17N3O5.ClH/c16-10(17)1-2-15-8-9(11(18)13-12(15)19)7-14-3-5-20-6-4-14;/h8H,1-7H2,(H,16,17)(H,13,18,19);1H. The van der Waals surface area contributed by atoms with Crippen LogP contribution in [0.1, 0.15) is 12.0 Å². The number of morpholine rings is 1. The minimum Gasteiger partial charge on any atom is -0.481 e. The van der Waals surface area contributed by atoms with Crippen LogP contribution in [0, 0.1) is 0 Å². The van der Waals surface area contributed by atoms with Gasteiger partial charge in [0.15, 0.2) is 0 Å². The molecular weight excluding hydrogens is 302 g/mol. The lowest BCUT2D eigenvalue weighted by atomic mass is 10.3. The van der Waals surface area contributed by atoms with E-state index in [2.05, 4.69) is 9.88 Å². The second-order valence-electron chi connectivity index (χ2n) is 4.64. The summed E-state index contributed by atoms with van der Waals surface area (Å²) in [5.41, 5.74) is -0.549. The second-order valence-corrected chi connectivity index (χ2v) is 4.64. The Hall–Kier alpha value is -1.64. The molecule has 118 valence electrons. The summed E-state index contributed by atoms with van der Waals surface area (Å²) in [4.78, 5) is 38.2. The molecule has 0 bridgehead atoms. The van der Waals surface area contributed by atoms with Crippen molar-refractivity contribution in [1.29, 1.82) is 0 Å². The summed E-state index contributed by atoms with van der Waals surface area (Å²) in [5, 5.41) is 8.64. The maximum atomic E-state index is 11.8. The van der Waals surface area contributed by atoms with Crippen molar-refractivity contribution in [2.24, 2.45) is 0 Å². The van der Waals surface area contributed by atoms with Crippen LogP contribution in [0.5, 0.6) is 0 Å². The van der Waals surface area contributed by atoms with E-state index in [0.717, 1.165) is 13.1 Å². The van der Waals surface area contributed by atoms with Crippen molar-refractivity contribution in [3.05, 3.63) is 32.6 Å². The van der Waals surface area contributed by atoms with E-state index in [9.17, 15) is 14.4 Å². The number of carboxylic acid groups (broad SMARTS) is 1. The third-order valence-electron chi connectivity index (χ3n) is 3.15. The van der Waals surface area contributed by atoms with Crippen molar-refractivity contribution in [1.82, 2.24) is 14.5 Å². The van der Waals surface area contributed by atoms with E-state index in [1.165, 1.54) is 10.8 Å². The van der Waals surface area contributed by atoms with Crippen LogP contribution in [0.25, 0.3) is 0 Å². The molecule has 1 fully saturated rings. The zero-order valence-electron chi connectivity index (χ0n) is 11.4. The molecular formula is C12H18ClN3O5. The first-order valence-corrected chi connectivity index (χ1v) is 6.41. The van der Waals surface area contributed by atoms with E-state index in [-0.39, 0.29) is 25.4 Å². The molecule has 2 heterocycles. The SMILES string of the molecule is Cl.O=C(O)CCn1cc(CN2CCOCC2)c(=O)[nH]c1=O. The Balaban J connectivity index is 0.00000220. The number of halogens is 1. The number of hydrogen-bond acceptors (Lipinski definition) is 5. The van der Waals surface area contributed by atoms with Crippen molar-refractivity contribution < 1.29 is 14.6 Å². The Morgan fingerprint density at radius 2 is 2.00 bits per heavy atom. The molecule has 21 heavy (non-hydrogen) atoms. The Kier molecular flexibility index (Phi) is 6.60. The van der Waals surface area contributed by atoms with Gasteiger partial charge >= 0.3 is 11.7 Å². The Morgan fingerprint density at radius 3 is 2.62 bits per heavy atom. The molecule has 9 heteroatoms. The van der Waals surface area contributed by atoms with Crippen LogP contribution in [0.3, 0.4) is 0 Å². The van der Waals surface area contributed by atoms with Gasteiger partial charge in [-0.05, 0) is 0 Å². The summed E-state index contributed by atoms with van der Waals surface area (Å²) in [6.45, 7) is 3.17. The molecule has 0 radical (unpaired) electrons. The highest BCUT2D eigenvalue weighted by atomic mass is 35.5. The smallest absolute Gasteiger partial charge is 0.328 e. The molecule has 0 amide bonds. The van der Waals surface area contributed by atoms with Crippen molar-refractivity contribution in [2.45, 2.75) is 19.5 Å². The first-order chi connectivity index (χ1) is 9.56. The van der Waals surface area contributed by atoms with Crippen molar-refractivity contribution in [2.75, 3.05) is 26.3 Å². The lowest BCUT2D eigenvalue weighted by molar-refractivity contribution is -0.137. The van der Waals surface area contributed by atoms with E-state index >= 15 is 0 Å². The highest BCUT2D eigenvalue weighted by molar-refractivity contribution is 5.85. The molecule has 1 aliphatic rings. The van der Waals surface area contributed by atoms with Crippen molar-refractivity contribution in [3.63, 3.8) is 0 Å². The normalized spacial score (nSPS) is 15.4. The fourth-order valence-corrected chi connectivity index (χ4v) is 2.05. The summed E-state index contributed by atoms with van der Waals surface area (Å²) in [6, 6.07) is 0. The molecule has 0 saturated carbocycles. The number of aromatic amines is 1. The van der Waals surface area contributed by atoms with E-state index in [0.29, 0.717) is 25.3 Å².